The highest BCUT2D eigenvalue weighted by Gasteiger charge is 2.16. The van der Waals surface area contributed by atoms with E-state index < -0.39 is 22.1 Å². The second-order valence-electron chi connectivity index (χ2n) is 3.16. The molecule has 0 atom stereocenters. The van der Waals surface area contributed by atoms with E-state index in [2.05, 4.69) is 4.74 Å². The molecule has 1 amide bonds. The van der Waals surface area contributed by atoms with Crippen molar-refractivity contribution in [3.05, 3.63) is 24.0 Å². The first kappa shape index (κ1) is 14.0. The Bertz CT molecular complexity index is 547. The maximum Gasteiger partial charge on any atom is 0.422 e. The van der Waals surface area contributed by atoms with Gasteiger partial charge in [-0.3, -0.25) is 4.72 Å². The molecule has 1 aromatic rings. The zero-order chi connectivity index (χ0) is 13.8. The lowest BCUT2D eigenvalue weighted by Gasteiger charge is -2.10. The number of carbonyl (C=O) groups is 1. The van der Waals surface area contributed by atoms with E-state index in [0.29, 0.717) is 0 Å². The monoisotopic (exact) mass is 277 g/mol. The average molecular weight is 277 g/mol. The molecule has 1 rings (SSSR count). The van der Waals surface area contributed by atoms with Gasteiger partial charge >= 0.3 is 16.3 Å². The maximum atomic E-state index is 12.7. The minimum Gasteiger partial charge on any atom is -0.449 e. The number of nitrogen functional groups attached to an aromatic ring is 1. The van der Waals surface area contributed by atoms with Crippen LogP contribution in [0.4, 0.5) is 20.6 Å². The summed E-state index contributed by atoms with van der Waals surface area (Å²) in [4.78, 5) is 10.9. The summed E-state index contributed by atoms with van der Waals surface area (Å²) in [6, 6.07) is 3.11. The minimum absolute atomic E-state index is 0.0278. The van der Waals surface area contributed by atoms with Gasteiger partial charge in [0.15, 0.2) is 0 Å². The van der Waals surface area contributed by atoms with Gasteiger partial charge in [0.1, 0.15) is 5.82 Å². The quantitative estimate of drug-likeness (QED) is 0.705. The molecule has 7 nitrogen and oxygen atoms in total. The van der Waals surface area contributed by atoms with Crippen LogP contribution in [0.5, 0.6) is 0 Å². The van der Waals surface area contributed by atoms with Crippen LogP contribution in [-0.2, 0) is 14.9 Å². The number of hydrogen-bond donors (Lipinski definition) is 3. The molecule has 1 aromatic carbocycles. The number of carbonyl (C=O) groups excluding carboxylic acids is 1. The fraction of sp³-hybridized carbons (Fsp3) is 0.222. The number of nitrogens with two attached hydrogens (primary N) is 1. The minimum atomic E-state index is -4.17. The van der Waals surface area contributed by atoms with Crippen molar-refractivity contribution < 1.29 is 22.3 Å². The van der Waals surface area contributed by atoms with E-state index in [1.165, 1.54) is 6.92 Å². The molecule has 100 valence electrons. The third-order valence-electron chi connectivity index (χ3n) is 1.75. The van der Waals surface area contributed by atoms with Gasteiger partial charge in [0.25, 0.3) is 0 Å². The largest absolute Gasteiger partial charge is 0.449 e. The number of amides is 1. The summed E-state index contributed by atoms with van der Waals surface area (Å²) in [6.07, 6.45) is -1.12. The van der Waals surface area contributed by atoms with E-state index in [1.807, 2.05) is 4.72 Å². The lowest BCUT2D eigenvalue weighted by atomic mass is 10.3. The molecule has 4 N–H and O–H groups in total. The van der Waals surface area contributed by atoms with Gasteiger partial charge in [0, 0.05) is 0 Å². The molecule has 0 aliphatic carbocycles. The summed E-state index contributed by atoms with van der Waals surface area (Å²) in [5, 5.41) is 0. The molecule has 18 heavy (non-hydrogen) atoms. The Morgan fingerprint density at radius 2 is 2.17 bits per heavy atom. The van der Waals surface area contributed by atoms with Gasteiger partial charge in [0.2, 0.25) is 0 Å². The first-order valence-electron chi connectivity index (χ1n) is 4.86. The predicted molar refractivity (Wildman–Crippen MR) is 63.5 cm³/mol. The molecule has 0 spiro atoms. The molecule has 0 unspecified atom stereocenters. The zero-order valence-electron chi connectivity index (χ0n) is 9.44. The van der Waals surface area contributed by atoms with Gasteiger partial charge in [-0.1, -0.05) is 0 Å². The molecule has 0 radical (unpaired) electrons. The van der Waals surface area contributed by atoms with Gasteiger partial charge in [-0.05, 0) is 25.1 Å². The molecule has 0 saturated heterocycles. The summed E-state index contributed by atoms with van der Waals surface area (Å²) in [5.41, 5.74) is 5.25. The maximum absolute atomic E-state index is 12.7. The van der Waals surface area contributed by atoms with Crippen molar-refractivity contribution in [3.8, 4) is 0 Å². The number of halogens is 1. The molecular formula is C9H12FN3O4S. The van der Waals surface area contributed by atoms with Crippen molar-refractivity contribution >= 4 is 27.7 Å². The fourth-order valence-corrected chi connectivity index (χ4v) is 1.87. The molecule has 0 saturated carbocycles. The highest BCUT2D eigenvalue weighted by molar-refractivity contribution is 7.91. The van der Waals surface area contributed by atoms with Gasteiger partial charge in [0.05, 0.1) is 18.0 Å². The van der Waals surface area contributed by atoms with Gasteiger partial charge in [-0.15, -0.1) is 0 Å². The number of ether oxygens (including phenoxy) is 1. The third-order valence-corrected chi connectivity index (χ3v) is 2.68. The van der Waals surface area contributed by atoms with E-state index in [9.17, 15) is 17.6 Å². The average Bonchev–Trinajstić information content (AvgIpc) is 2.21. The summed E-state index contributed by atoms with van der Waals surface area (Å²) >= 11 is 0. The Hall–Kier alpha value is -2.03. The number of benzene rings is 1. The van der Waals surface area contributed by atoms with Crippen LogP contribution in [0.25, 0.3) is 0 Å². The smallest absolute Gasteiger partial charge is 0.422 e. The van der Waals surface area contributed by atoms with Crippen LogP contribution < -0.4 is 15.2 Å². The fourth-order valence-electron chi connectivity index (χ4n) is 1.07. The lowest BCUT2D eigenvalue weighted by molar-refractivity contribution is 0.159. The number of rotatable bonds is 4. The Morgan fingerprint density at radius 3 is 2.72 bits per heavy atom. The van der Waals surface area contributed by atoms with Crippen molar-refractivity contribution in [2.75, 3.05) is 17.1 Å². The first-order chi connectivity index (χ1) is 8.34. The summed E-state index contributed by atoms with van der Waals surface area (Å²) in [5.74, 6) is -0.603. The van der Waals surface area contributed by atoms with E-state index in [-0.39, 0.29) is 18.0 Å². The molecule has 0 bridgehead atoms. The van der Waals surface area contributed by atoms with E-state index in [0.717, 1.165) is 18.2 Å². The zero-order valence-corrected chi connectivity index (χ0v) is 10.3. The Kier molecular flexibility index (Phi) is 4.32. The number of hydrogen-bond acceptors (Lipinski definition) is 5. The van der Waals surface area contributed by atoms with Gasteiger partial charge in [-0.25, -0.2) is 13.9 Å². The van der Waals surface area contributed by atoms with Crippen LogP contribution in [0.3, 0.4) is 0 Å². The molecule has 0 heterocycles. The Morgan fingerprint density at radius 1 is 1.50 bits per heavy atom. The van der Waals surface area contributed by atoms with Crippen LogP contribution in [0.15, 0.2) is 18.2 Å². The van der Waals surface area contributed by atoms with Crippen molar-refractivity contribution in [1.82, 2.24) is 4.72 Å². The standard InChI is InChI=1S/C9H12FN3O4S/c1-2-17-9(14)13-18(15,16)12-8-4-3-6(10)5-7(8)11/h3-5,12H,2,11H2,1H3,(H,13,14). The van der Waals surface area contributed by atoms with Crippen LogP contribution >= 0.6 is 0 Å². The molecule has 9 heteroatoms. The lowest BCUT2D eigenvalue weighted by Crippen LogP contribution is -2.35. The highest BCUT2D eigenvalue weighted by atomic mass is 32.2. The van der Waals surface area contributed by atoms with E-state index >= 15 is 0 Å². The molecule has 0 aliphatic rings. The summed E-state index contributed by atoms with van der Waals surface area (Å²) in [7, 11) is -4.17. The third kappa shape index (κ3) is 4.09. The van der Waals surface area contributed by atoms with Gasteiger partial charge in [-0.2, -0.15) is 8.42 Å². The van der Waals surface area contributed by atoms with Crippen molar-refractivity contribution in [2.24, 2.45) is 0 Å². The van der Waals surface area contributed by atoms with Gasteiger partial charge < -0.3 is 10.5 Å². The normalized spacial score (nSPS) is 10.8. The van der Waals surface area contributed by atoms with E-state index in [4.69, 9.17) is 5.73 Å². The predicted octanol–water partition coefficient (Wildman–Crippen LogP) is 0.811. The molecule has 0 aliphatic heterocycles. The first-order valence-corrected chi connectivity index (χ1v) is 6.34. The molecule has 0 fully saturated rings. The number of anilines is 2. The number of nitrogens with one attached hydrogen (secondary N) is 2. The summed E-state index contributed by atoms with van der Waals surface area (Å²) < 4.78 is 43.6. The SMILES string of the molecule is CCOC(=O)NS(=O)(=O)Nc1ccc(F)cc1N. The van der Waals surface area contributed by atoms with Crippen molar-refractivity contribution in [3.63, 3.8) is 0 Å². The van der Waals surface area contributed by atoms with Crippen molar-refractivity contribution in [2.45, 2.75) is 6.92 Å². The molecule has 0 aromatic heterocycles. The van der Waals surface area contributed by atoms with Crippen LogP contribution in [-0.4, -0.2) is 21.1 Å². The van der Waals surface area contributed by atoms with E-state index in [1.54, 1.807) is 4.72 Å². The second kappa shape index (κ2) is 5.54. The Labute approximate surface area is 103 Å². The molecular weight excluding hydrogens is 265 g/mol. The van der Waals surface area contributed by atoms with Crippen LogP contribution in [0.1, 0.15) is 6.92 Å². The van der Waals surface area contributed by atoms with Crippen molar-refractivity contribution in [1.29, 1.82) is 0 Å². The van der Waals surface area contributed by atoms with Crippen LogP contribution in [0, 0.1) is 5.82 Å². The highest BCUT2D eigenvalue weighted by Crippen LogP contribution is 2.19. The topological polar surface area (TPSA) is 111 Å². The Balaban J connectivity index is 2.79. The second-order valence-corrected chi connectivity index (χ2v) is 4.57. The summed E-state index contributed by atoms with van der Waals surface area (Å²) in [6.45, 7) is 1.55. The van der Waals surface area contributed by atoms with Crippen LogP contribution in [0.2, 0.25) is 0 Å².